The van der Waals surface area contributed by atoms with Gasteiger partial charge in [0.1, 0.15) is 0 Å². The summed E-state index contributed by atoms with van der Waals surface area (Å²) < 4.78 is 4.94. The van der Waals surface area contributed by atoms with Crippen LogP contribution in [-0.2, 0) is 0 Å². The number of rotatable bonds is 2. The zero-order valence-electron chi connectivity index (χ0n) is 9.63. The van der Waals surface area contributed by atoms with Crippen LogP contribution in [-0.4, -0.2) is 20.8 Å². The van der Waals surface area contributed by atoms with E-state index < -0.39 is 16.5 Å². The summed E-state index contributed by atoms with van der Waals surface area (Å²) >= 11 is 0. The van der Waals surface area contributed by atoms with Crippen molar-refractivity contribution >= 4 is 16.5 Å². The van der Waals surface area contributed by atoms with E-state index in [4.69, 9.17) is 0 Å². The quantitative estimate of drug-likeness (QED) is 0.666. The second-order valence-electron chi connectivity index (χ2n) is 5.52. The average Bonchev–Trinajstić information content (AvgIpc) is 2.27. The van der Waals surface area contributed by atoms with Crippen molar-refractivity contribution in [3.63, 3.8) is 0 Å². The van der Waals surface area contributed by atoms with Crippen molar-refractivity contribution in [2.24, 2.45) is 0 Å². The molecule has 0 aliphatic heterocycles. The lowest BCUT2D eigenvalue weighted by Gasteiger charge is -2.21. The van der Waals surface area contributed by atoms with Crippen LogP contribution < -0.4 is 4.35 Å². The molecule has 0 saturated heterocycles. The lowest BCUT2D eigenvalue weighted by molar-refractivity contribution is -0.623. The molecule has 13 heavy (non-hydrogen) atoms. The highest BCUT2D eigenvalue weighted by molar-refractivity contribution is 6.74. The summed E-state index contributed by atoms with van der Waals surface area (Å²) in [6, 6.07) is 2.16. The Bertz CT molecular complexity index is 263. The average molecular weight is 213 g/mol. The molecule has 0 atom stereocenters. The van der Waals surface area contributed by atoms with Gasteiger partial charge < -0.3 is 0 Å². The highest BCUT2D eigenvalue weighted by atomic mass is 28.3. The van der Waals surface area contributed by atoms with Crippen molar-refractivity contribution in [2.45, 2.75) is 39.3 Å². The van der Waals surface area contributed by atoms with Gasteiger partial charge in [0.15, 0.2) is 6.20 Å². The van der Waals surface area contributed by atoms with Gasteiger partial charge in [0, 0.05) is 6.07 Å². The van der Waals surface area contributed by atoms with E-state index in [1.54, 1.807) is 0 Å². The Hall–Kier alpha value is -0.356. The standard InChI is InChI=1S/C9H21N2Si2/c1-12(2,3)10-8-7-9-11(10)13(4,5)6/h7-9H,1-6H3/q+1. The summed E-state index contributed by atoms with van der Waals surface area (Å²) in [6.45, 7) is 14.3. The number of aromatic nitrogens is 2. The van der Waals surface area contributed by atoms with Gasteiger partial charge in [0.25, 0.3) is 0 Å². The van der Waals surface area contributed by atoms with Gasteiger partial charge in [0.05, 0.1) is 6.20 Å². The van der Waals surface area contributed by atoms with E-state index in [-0.39, 0.29) is 0 Å². The molecule has 1 aromatic heterocycles. The third-order valence-electron chi connectivity index (χ3n) is 2.06. The van der Waals surface area contributed by atoms with Gasteiger partial charge in [-0.3, -0.25) is 0 Å². The van der Waals surface area contributed by atoms with Crippen LogP contribution in [0.15, 0.2) is 18.5 Å². The minimum Gasteiger partial charge on any atom is -0.220 e. The van der Waals surface area contributed by atoms with E-state index in [1.807, 2.05) is 0 Å². The zero-order valence-corrected chi connectivity index (χ0v) is 11.6. The van der Waals surface area contributed by atoms with Crippen LogP contribution in [0.25, 0.3) is 0 Å². The molecule has 0 N–H and O–H groups in total. The number of nitrogens with zero attached hydrogens (tertiary/aromatic N) is 2. The summed E-state index contributed by atoms with van der Waals surface area (Å²) in [5, 5.41) is 0. The summed E-state index contributed by atoms with van der Waals surface area (Å²) in [5.41, 5.74) is 0. The summed E-state index contributed by atoms with van der Waals surface area (Å²) in [4.78, 5) is 0. The highest BCUT2D eigenvalue weighted by Crippen LogP contribution is 2.05. The summed E-state index contributed by atoms with van der Waals surface area (Å²) in [6.07, 6.45) is 4.45. The van der Waals surface area contributed by atoms with Crippen molar-refractivity contribution in [1.82, 2.24) is 4.35 Å². The van der Waals surface area contributed by atoms with E-state index in [0.717, 1.165) is 0 Å². The summed E-state index contributed by atoms with van der Waals surface area (Å²) in [7, 11) is -2.44. The van der Waals surface area contributed by atoms with Gasteiger partial charge in [-0.15, -0.1) is 0 Å². The molecular formula is C9H21N2Si2+. The zero-order chi connectivity index (χ0) is 10.3. The van der Waals surface area contributed by atoms with Crippen LogP contribution in [0.4, 0.5) is 0 Å². The first kappa shape index (κ1) is 10.7. The largest absolute Gasteiger partial charge is 0.379 e. The monoisotopic (exact) mass is 213 g/mol. The van der Waals surface area contributed by atoms with Crippen LogP contribution in [0.5, 0.6) is 0 Å². The second kappa shape index (κ2) is 3.10. The smallest absolute Gasteiger partial charge is 0.220 e. The maximum atomic E-state index is 2.47. The lowest BCUT2D eigenvalue weighted by Crippen LogP contribution is -2.67. The SMILES string of the molecule is C[Si](C)(C)n1ccc[n+]1[Si](C)(C)C. The molecule has 2 nitrogen and oxygen atoms in total. The van der Waals surface area contributed by atoms with Crippen LogP contribution in [0.2, 0.25) is 39.3 Å². The fourth-order valence-corrected chi connectivity index (χ4v) is 5.73. The molecule has 0 fully saturated rings. The van der Waals surface area contributed by atoms with E-state index in [0.29, 0.717) is 0 Å². The van der Waals surface area contributed by atoms with Gasteiger partial charge in [-0.2, -0.15) is 4.35 Å². The van der Waals surface area contributed by atoms with Crippen LogP contribution in [0.1, 0.15) is 0 Å². The first-order valence-electron chi connectivity index (χ1n) is 4.83. The van der Waals surface area contributed by atoms with Crippen LogP contribution >= 0.6 is 0 Å². The predicted molar refractivity (Wildman–Crippen MR) is 62.1 cm³/mol. The third kappa shape index (κ3) is 2.31. The first-order chi connectivity index (χ1) is 5.73. The van der Waals surface area contributed by atoms with Gasteiger partial charge in [-0.05, 0) is 39.3 Å². The van der Waals surface area contributed by atoms with Gasteiger partial charge in [-0.25, -0.2) is 4.35 Å². The molecule has 0 amide bonds. The summed E-state index contributed by atoms with van der Waals surface area (Å²) in [5.74, 6) is 0. The first-order valence-corrected chi connectivity index (χ1v) is 11.7. The minimum atomic E-state index is -1.22. The highest BCUT2D eigenvalue weighted by Gasteiger charge is 2.35. The molecule has 1 rings (SSSR count). The van der Waals surface area contributed by atoms with Gasteiger partial charge >= 0.3 is 8.24 Å². The fourth-order valence-electron chi connectivity index (χ4n) is 1.44. The van der Waals surface area contributed by atoms with E-state index in [1.165, 1.54) is 0 Å². The fraction of sp³-hybridized carbons (Fsp3) is 0.667. The Kier molecular flexibility index (Phi) is 2.55. The molecule has 1 aromatic rings. The van der Waals surface area contributed by atoms with Crippen molar-refractivity contribution < 1.29 is 4.35 Å². The topological polar surface area (TPSA) is 8.81 Å². The Morgan fingerprint density at radius 3 is 1.85 bits per heavy atom. The molecule has 0 bridgehead atoms. The number of hydrogen-bond acceptors (Lipinski definition) is 0. The second-order valence-corrected chi connectivity index (χ2v) is 15.1. The van der Waals surface area contributed by atoms with Crippen LogP contribution in [0, 0.1) is 0 Å². The molecule has 74 valence electrons. The number of hydrogen-bond donors (Lipinski definition) is 0. The predicted octanol–water partition coefficient (Wildman–Crippen LogP) is 2.14. The molecule has 0 spiro atoms. The molecule has 0 saturated carbocycles. The van der Waals surface area contributed by atoms with Crippen molar-refractivity contribution in [3.8, 4) is 0 Å². The molecule has 0 aromatic carbocycles. The van der Waals surface area contributed by atoms with Crippen molar-refractivity contribution in [1.29, 1.82) is 0 Å². The Balaban J connectivity index is 3.19. The van der Waals surface area contributed by atoms with Crippen LogP contribution in [0.3, 0.4) is 0 Å². The Morgan fingerprint density at radius 2 is 1.54 bits per heavy atom. The molecule has 0 aliphatic carbocycles. The van der Waals surface area contributed by atoms with E-state index >= 15 is 0 Å². The van der Waals surface area contributed by atoms with Gasteiger partial charge in [-0.1, -0.05) is 0 Å². The Labute approximate surface area is 83.4 Å². The van der Waals surface area contributed by atoms with E-state index in [9.17, 15) is 0 Å². The maximum absolute atomic E-state index is 2.47. The van der Waals surface area contributed by atoms with E-state index in [2.05, 4.69) is 66.4 Å². The normalized spacial score (nSPS) is 13.4. The minimum absolute atomic E-state index is 1.22. The van der Waals surface area contributed by atoms with Gasteiger partial charge in [0.2, 0.25) is 8.24 Å². The lowest BCUT2D eigenvalue weighted by atomic mass is 10.8. The molecule has 4 heteroatoms. The third-order valence-corrected chi connectivity index (χ3v) is 5.74. The molecule has 0 aliphatic rings. The molecule has 1 heterocycles. The van der Waals surface area contributed by atoms with Crippen molar-refractivity contribution in [2.75, 3.05) is 0 Å². The molecular weight excluding hydrogens is 192 g/mol. The molecule has 0 unspecified atom stereocenters. The maximum Gasteiger partial charge on any atom is 0.379 e. The Morgan fingerprint density at radius 1 is 1.00 bits per heavy atom. The molecule has 0 radical (unpaired) electrons. The van der Waals surface area contributed by atoms with Crippen molar-refractivity contribution in [3.05, 3.63) is 18.5 Å².